The number of anilines is 1. The molecule has 37 heavy (non-hydrogen) atoms. The highest BCUT2D eigenvalue weighted by atomic mass is 32.1. The largest absolute Gasteiger partial charge is 0.324 e. The van der Waals surface area contributed by atoms with Gasteiger partial charge in [-0.2, -0.15) is 0 Å². The summed E-state index contributed by atoms with van der Waals surface area (Å²) in [7, 11) is 0. The summed E-state index contributed by atoms with van der Waals surface area (Å²) < 4.78 is 1.48. The van der Waals surface area contributed by atoms with E-state index in [-0.39, 0.29) is 17.4 Å². The smallest absolute Gasteiger partial charge is 0.263 e. The van der Waals surface area contributed by atoms with Crippen LogP contribution in [-0.4, -0.2) is 15.5 Å². The number of fused-ring (bicyclic) bond motifs is 1. The second-order valence-electron chi connectivity index (χ2n) is 9.39. The quantitative estimate of drug-likeness (QED) is 0.248. The molecule has 3 aromatic carbocycles. The molecule has 0 aliphatic carbocycles. The number of carbonyl (C=O) groups is 1. The second-order valence-corrected chi connectivity index (χ2v) is 10.2. The van der Waals surface area contributed by atoms with Crippen molar-refractivity contribution >= 4 is 33.1 Å². The number of hydrogen-bond donors (Lipinski definition) is 1. The highest BCUT2D eigenvalue weighted by Crippen LogP contribution is 2.33. The molecule has 0 saturated carbocycles. The Bertz CT molecular complexity index is 1600. The van der Waals surface area contributed by atoms with Crippen LogP contribution in [0.5, 0.6) is 0 Å². The van der Waals surface area contributed by atoms with Gasteiger partial charge in [-0.1, -0.05) is 93.6 Å². The number of benzene rings is 3. The lowest BCUT2D eigenvalue weighted by Gasteiger charge is -2.20. The molecule has 0 saturated heterocycles. The molecule has 186 valence electrons. The van der Waals surface area contributed by atoms with E-state index in [4.69, 9.17) is 0 Å². The summed E-state index contributed by atoms with van der Waals surface area (Å²) in [4.78, 5) is 32.4. The van der Waals surface area contributed by atoms with E-state index in [1.54, 1.807) is 0 Å². The van der Waals surface area contributed by atoms with E-state index in [0.717, 1.165) is 33.5 Å². The summed E-state index contributed by atoms with van der Waals surface area (Å²) in [6, 6.07) is 25.5. The molecule has 0 aliphatic heterocycles. The Balaban J connectivity index is 1.50. The molecule has 1 N–H and O–H groups in total. The third-order valence-electron chi connectivity index (χ3n) is 6.69. The van der Waals surface area contributed by atoms with Gasteiger partial charge in [-0.3, -0.25) is 14.2 Å². The van der Waals surface area contributed by atoms with E-state index in [9.17, 15) is 9.59 Å². The first kappa shape index (κ1) is 24.7. The number of aromatic nitrogens is 2. The fourth-order valence-electron chi connectivity index (χ4n) is 4.69. The summed E-state index contributed by atoms with van der Waals surface area (Å²) in [5.41, 5.74) is 5.68. The molecule has 5 nitrogen and oxygen atoms in total. The van der Waals surface area contributed by atoms with Gasteiger partial charge < -0.3 is 5.32 Å². The van der Waals surface area contributed by atoms with Crippen molar-refractivity contribution < 1.29 is 4.79 Å². The second kappa shape index (κ2) is 10.5. The van der Waals surface area contributed by atoms with Crippen LogP contribution in [-0.2, 0) is 4.79 Å². The molecule has 5 rings (SSSR count). The van der Waals surface area contributed by atoms with Gasteiger partial charge in [0.1, 0.15) is 10.9 Å². The highest BCUT2D eigenvalue weighted by Gasteiger charge is 2.23. The van der Waals surface area contributed by atoms with Gasteiger partial charge in [-0.25, -0.2) is 4.98 Å². The Kier molecular flexibility index (Phi) is 7.01. The van der Waals surface area contributed by atoms with Crippen molar-refractivity contribution in [3.63, 3.8) is 0 Å². The van der Waals surface area contributed by atoms with Crippen LogP contribution < -0.4 is 10.9 Å². The fourth-order valence-corrected chi connectivity index (χ4v) is 5.60. The zero-order valence-corrected chi connectivity index (χ0v) is 22.0. The van der Waals surface area contributed by atoms with Gasteiger partial charge in [-0.15, -0.1) is 11.3 Å². The number of carbonyl (C=O) groups excluding carboxylic acids is 1. The van der Waals surface area contributed by atoms with Crippen LogP contribution in [0.4, 0.5) is 5.69 Å². The zero-order chi connectivity index (χ0) is 25.9. The van der Waals surface area contributed by atoms with Crippen molar-refractivity contribution in [1.82, 2.24) is 9.55 Å². The van der Waals surface area contributed by atoms with Gasteiger partial charge >= 0.3 is 0 Å². The van der Waals surface area contributed by atoms with Gasteiger partial charge in [0.05, 0.1) is 11.7 Å². The van der Waals surface area contributed by atoms with Crippen LogP contribution in [0.2, 0.25) is 0 Å². The predicted molar refractivity (Wildman–Crippen MR) is 153 cm³/mol. The maximum Gasteiger partial charge on any atom is 0.263 e. The standard InChI is InChI=1S/C31H29N3O2S/c1-4-27(29(35)33-26-13-9-8-12-24(26)20(2)3)34-19-32-30-28(31(34)36)25(18-37-30)23-16-14-22(15-17-23)21-10-6-5-7-11-21/h5-20,27H,4H2,1-3H3,(H,33,35). The Morgan fingerprint density at radius 3 is 2.27 bits per heavy atom. The van der Waals surface area contributed by atoms with Gasteiger partial charge in [0.25, 0.3) is 5.56 Å². The summed E-state index contributed by atoms with van der Waals surface area (Å²) in [6.45, 7) is 6.09. The highest BCUT2D eigenvalue weighted by molar-refractivity contribution is 7.17. The summed E-state index contributed by atoms with van der Waals surface area (Å²) in [6.07, 6.45) is 1.97. The van der Waals surface area contributed by atoms with E-state index in [0.29, 0.717) is 16.6 Å². The van der Waals surface area contributed by atoms with E-state index in [1.165, 1.54) is 22.2 Å². The minimum absolute atomic E-state index is 0.201. The van der Waals surface area contributed by atoms with E-state index < -0.39 is 6.04 Å². The van der Waals surface area contributed by atoms with E-state index >= 15 is 0 Å². The zero-order valence-electron chi connectivity index (χ0n) is 21.1. The molecule has 5 aromatic rings. The predicted octanol–water partition coefficient (Wildman–Crippen LogP) is 7.51. The van der Waals surface area contributed by atoms with Crippen LogP contribution in [0.25, 0.3) is 32.5 Å². The molecule has 0 spiro atoms. The first-order chi connectivity index (χ1) is 18.0. The van der Waals surface area contributed by atoms with E-state index in [1.807, 2.05) is 66.9 Å². The van der Waals surface area contributed by atoms with Gasteiger partial charge in [0, 0.05) is 16.6 Å². The minimum atomic E-state index is -0.669. The Labute approximate surface area is 220 Å². The average molecular weight is 508 g/mol. The molecular weight excluding hydrogens is 478 g/mol. The average Bonchev–Trinajstić information content (AvgIpc) is 3.36. The molecule has 2 aromatic heterocycles. The van der Waals surface area contributed by atoms with Crippen LogP contribution in [0.3, 0.4) is 0 Å². The lowest BCUT2D eigenvalue weighted by molar-refractivity contribution is -0.119. The van der Waals surface area contributed by atoms with Crippen molar-refractivity contribution in [1.29, 1.82) is 0 Å². The third-order valence-corrected chi connectivity index (χ3v) is 7.57. The number of hydrogen-bond acceptors (Lipinski definition) is 4. The Hall–Kier alpha value is -4.03. The third kappa shape index (κ3) is 4.85. The summed E-state index contributed by atoms with van der Waals surface area (Å²) >= 11 is 1.44. The molecule has 6 heteroatoms. The lowest BCUT2D eigenvalue weighted by atomic mass is 10.0. The number of amides is 1. The molecule has 0 aliphatic rings. The molecule has 1 atom stereocenters. The molecule has 0 radical (unpaired) electrons. The first-order valence-electron chi connectivity index (χ1n) is 12.5. The van der Waals surface area contributed by atoms with Crippen LogP contribution in [0.1, 0.15) is 44.7 Å². The Morgan fingerprint density at radius 2 is 1.57 bits per heavy atom. The van der Waals surface area contributed by atoms with Crippen molar-refractivity contribution in [2.24, 2.45) is 0 Å². The van der Waals surface area contributed by atoms with Crippen molar-refractivity contribution in [2.75, 3.05) is 5.32 Å². The molecule has 1 amide bonds. The SMILES string of the molecule is CCC(C(=O)Nc1ccccc1C(C)C)n1cnc2scc(-c3ccc(-c4ccccc4)cc3)c2c1=O. The van der Waals surface area contributed by atoms with Gasteiger partial charge in [0.15, 0.2) is 0 Å². The van der Waals surface area contributed by atoms with Crippen molar-refractivity contribution in [3.05, 3.63) is 106 Å². The number of nitrogens with one attached hydrogen (secondary N) is 1. The van der Waals surface area contributed by atoms with Gasteiger partial charge in [0.2, 0.25) is 5.91 Å². The van der Waals surface area contributed by atoms with Crippen LogP contribution in [0.15, 0.2) is 95.4 Å². The van der Waals surface area contributed by atoms with Crippen LogP contribution >= 0.6 is 11.3 Å². The fraction of sp³-hybridized carbons (Fsp3) is 0.194. The maximum atomic E-state index is 13.8. The topological polar surface area (TPSA) is 64.0 Å². The van der Waals surface area contributed by atoms with Crippen molar-refractivity contribution in [3.8, 4) is 22.3 Å². The first-order valence-corrected chi connectivity index (χ1v) is 13.4. The molecule has 1 unspecified atom stereocenters. The molecule has 0 bridgehead atoms. The monoisotopic (exact) mass is 507 g/mol. The normalized spacial score (nSPS) is 12.1. The molecule has 0 fully saturated rings. The molecular formula is C31H29N3O2S. The minimum Gasteiger partial charge on any atom is -0.324 e. The summed E-state index contributed by atoms with van der Waals surface area (Å²) in [5.74, 6) is 0.0433. The number of rotatable bonds is 7. The van der Waals surface area contributed by atoms with E-state index in [2.05, 4.69) is 48.4 Å². The summed E-state index contributed by atoms with van der Waals surface area (Å²) in [5, 5.41) is 5.58. The number of thiophene rings is 1. The lowest BCUT2D eigenvalue weighted by Crippen LogP contribution is -2.33. The van der Waals surface area contributed by atoms with Crippen molar-refractivity contribution in [2.45, 2.75) is 39.2 Å². The number of nitrogens with zero attached hydrogens (tertiary/aromatic N) is 2. The van der Waals surface area contributed by atoms with Crippen LogP contribution in [0, 0.1) is 0 Å². The maximum absolute atomic E-state index is 13.8. The van der Waals surface area contributed by atoms with Gasteiger partial charge in [-0.05, 0) is 40.7 Å². The Morgan fingerprint density at radius 1 is 0.919 bits per heavy atom. The number of para-hydroxylation sites is 1. The molecule has 2 heterocycles.